The smallest absolute Gasteiger partial charge is 0.130 e. The molecule has 1 aliphatic rings. The maximum Gasteiger partial charge on any atom is 0.130 e. The van der Waals surface area contributed by atoms with E-state index in [9.17, 15) is 4.79 Å². The first kappa shape index (κ1) is 9.04. The van der Waals surface area contributed by atoms with Crippen molar-refractivity contribution in [2.75, 3.05) is 13.6 Å². The van der Waals surface area contributed by atoms with Crippen LogP contribution in [-0.2, 0) is 4.79 Å². The Bertz CT molecular complexity index is 228. The molecule has 0 radical (unpaired) electrons. The third kappa shape index (κ3) is 2.53. The lowest BCUT2D eigenvalue weighted by Crippen LogP contribution is -2.20. The van der Waals surface area contributed by atoms with Crippen LogP contribution in [0.15, 0.2) is 23.9 Å². The molecule has 0 atom stereocenters. The predicted octanol–water partition coefficient (Wildman–Crippen LogP) is 1.74. The second-order valence-electron chi connectivity index (χ2n) is 3.17. The van der Waals surface area contributed by atoms with Crippen molar-refractivity contribution in [3.05, 3.63) is 23.9 Å². The molecule has 0 bridgehead atoms. The highest BCUT2D eigenvalue weighted by molar-refractivity contribution is 5.75. The van der Waals surface area contributed by atoms with Crippen LogP contribution in [0.3, 0.4) is 0 Å². The summed E-state index contributed by atoms with van der Waals surface area (Å²) >= 11 is 0. The fourth-order valence-electron chi connectivity index (χ4n) is 1.22. The van der Waals surface area contributed by atoms with E-state index in [1.165, 1.54) is 5.70 Å². The molecule has 0 fully saturated rings. The Labute approximate surface area is 73.6 Å². The highest BCUT2D eigenvalue weighted by Gasteiger charge is 2.05. The molecule has 0 aliphatic carbocycles. The number of hydrogen-bond acceptors (Lipinski definition) is 2. The van der Waals surface area contributed by atoms with E-state index in [4.69, 9.17) is 0 Å². The monoisotopic (exact) mass is 165 g/mol. The van der Waals surface area contributed by atoms with Crippen LogP contribution < -0.4 is 0 Å². The second-order valence-corrected chi connectivity index (χ2v) is 3.17. The van der Waals surface area contributed by atoms with Gasteiger partial charge in [-0.05, 0) is 19.4 Å². The number of hydrogen-bond donors (Lipinski definition) is 0. The molecule has 1 rings (SSSR count). The molecule has 0 aromatic carbocycles. The number of nitrogens with zero attached hydrogens (tertiary/aromatic N) is 1. The lowest BCUT2D eigenvalue weighted by atomic mass is 10.1. The third-order valence-electron chi connectivity index (χ3n) is 2.03. The minimum absolute atomic E-state index is 0.263. The van der Waals surface area contributed by atoms with E-state index in [0.29, 0.717) is 6.42 Å². The number of likely N-dealkylation sites (N-methyl/N-ethyl adjacent to an activating group) is 1. The maximum atomic E-state index is 10.7. The molecule has 0 spiro atoms. The van der Waals surface area contributed by atoms with Crippen LogP contribution in [0, 0.1) is 0 Å². The standard InChI is InChI=1S/C10H15NO/c1-9(12)6-7-10-5-3-4-8-11(10)2/h3-5H,6-8H2,1-2H3. The van der Waals surface area contributed by atoms with E-state index < -0.39 is 0 Å². The van der Waals surface area contributed by atoms with Gasteiger partial charge in [-0.2, -0.15) is 0 Å². The van der Waals surface area contributed by atoms with Gasteiger partial charge in [0.05, 0.1) is 0 Å². The van der Waals surface area contributed by atoms with Gasteiger partial charge in [0, 0.05) is 25.7 Å². The summed E-state index contributed by atoms with van der Waals surface area (Å²) in [6.45, 7) is 2.60. The summed E-state index contributed by atoms with van der Waals surface area (Å²) in [5.74, 6) is 0.263. The van der Waals surface area contributed by atoms with Gasteiger partial charge in [-0.25, -0.2) is 0 Å². The van der Waals surface area contributed by atoms with E-state index in [1.54, 1.807) is 6.92 Å². The third-order valence-corrected chi connectivity index (χ3v) is 2.03. The van der Waals surface area contributed by atoms with Crippen LogP contribution in [0.4, 0.5) is 0 Å². The molecule has 0 amide bonds. The Morgan fingerprint density at radius 3 is 3.00 bits per heavy atom. The molecule has 2 heteroatoms. The molecule has 12 heavy (non-hydrogen) atoms. The van der Waals surface area contributed by atoms with E-state index in [-0.39, 0.29) is 5.78 Å². The lowest BCUT2D eigenvalue weighted by molar-refractivity contribution is -0.117. The molecular formula is C10H15NO. The van der Waals surface area contributed by atoms with Crippen LogP contribution in [-0.4, -0.2) is 24.3 Å². The fraction of sp³-hybridized carbons (Fsp3) is 0.500. The number of carbonyl (C=O) groups excluding carboxylic acids is 1. The summed E-state index contributed by atoms with van der Waals surface area (Å²) in [5.41, 5.74) is 1.26. The number of allylic oxidation sites excluding steroid dienone is 3. The van der Waals surface area contributed by atoms with Gasteiger partial charge in [-0.3, -0.25) is 0 Å². The van der Waals surface area contributed by atoms with Gasteiger partial charge in [-0.15, -0.1) is 0 Å². The van der Waals surface area contributed by atoms with Crippen LogP contribution in [0.1, 0.15) is 19.8 Å². The highest BCUT2D eigenvalue weighted by Crippen LogP contribution is 2.13. The summed E-state index contributed by atoms with van der Waals surface area (Å²) in [6.07, 6.45) is 7.76. The zero-order chi connectivity index (χ0) is 8.97. The van der Waals surface area contributed by atoms with Crippen molar-refractivity contribution in [1.29, 1.82) is 0 Å². The van der Waals surface area contributed by atoms with E-state index in [0.717, 1.165) is 13.0 Å². The molecule has 0 unspecified atom stereocenters. The number of rotatable bonds is 3. The average Bonchev–Trinajstić information content (AvgIpc) is 2.03. The van der Waals surface area contributed by atoms with Gasteiger partial charge in [0.25, 0.3) is 0 Å². The summed E-state index contributed by atoms with van der Waals surface area (Å²) < 4.78 is 0. The van der Waals surface area contributed by atoms with Gasteiger partial charge in [0.15, 0.2) is 0 Å². The number of ketones is 1. The largest absolute Gasteiger partial charge is 0.374 e. The van der Waals surface area contributed by atoms with Crippen LogP contribution in [0.5, 0.6) is 0 Å². The summed E-state index contributed by atoms with van der Waals surface area (Å²) in [5, 5.41) is 0. The summed E-state index contributed by atoms with van der Waals surface area (Å²) in [7, 11) is 2.05. The molecular weight excluding hydrogens is 150 g/mol. The van der Waals surface area contributed by atoms with Crippen molar-refractivity contribution < 1.29 is 4.79 Å². The van der Waals surface area contributed by atoms with Gasteiger partial charge < -0.3 is 9.69 Å². The predicted molar refractivity (Wildman–Crippen MR) is 49.8 cm³/mol. The SMILES string of the molecule is CC(=O)CCC1=CC=CCN1C. The van der Waals surface area contributed by atoms with Crippen molar-refractivity contribution in [3.8, 4) is 0 Å². The first-order valence-corrected chi connectivity index (χ1v) is 4.26. The number of carbonyl (C=O) groups is 1. The Morgan fingerprint density at radius 2 is 2.42 bits per heavy atom. The lowest BCUT2D eigenvalue weighted by Gasteiger charge is -2.23. The van der Waals surface area contributed by atoms with Crippen LogP contribution in [0.25, 0.3) is 0 Å². The van der Waals surface area contributed by atoms with E-state index >= 15 is 0 Å². The molecule has 0 saturated carbocycles. The summed E-state index contributed by atoms with van der Waals surface area (Å²) in [6, 6.07) is 0. The topological polar surface area (TPSA) is 20.3 Å². The maximum absolute atomic E-state index is 10.7. The first-order chi connectivity index (χ1) is 5.70. The van der Waals surface area contributed by atoms with Crippen molar-refractivity contribution in [3.63, 3.8) is 0 Å². The number of Topliss-reactive ketones (excluding diaryl/α,β-unsaturated/α-hetero) is 1. The Kier molecular flexibility index (Phi) is 3.09. The molecule has 66 valence electrons. The van der Waals surface area contributed by atoms with Gasteiger partial charge >= 0.3 is 0 Å². The quantitative estimate of drug-likeness (QED) is 0.635. The molecule has 2 nitrogen and oxygen atoms in total. The van der Waals surface area contributed by atoms with Crippen molar-refractivity contribution in [1.82, 2.24) is 4.90 Å². The normalized spacial score (nSPS) is 16.2. The second kappa shape index (κ2) is 4.10. The van der Waals surface area contributed by atoms with Crippen molar-refractivity contribution in [2.24, 2.45) is 0 Å². The van der Waals surface area contributed by atoms with Crippen molar-refractivity contribution in [2.45, 2.75) is 19.8 Å². The average molecular weight is 165 g/mol. The minimum atomic E-state index is 0.263. The zero-order valence-electron chi connectivity index (χ0n) is 7.71. The molecule has 1 aliphatic heterocycles. The molecule has 0 saturated heterocycles. The van der Waals surface area contributed by atoms with E-state index in [2.05, 4.69) is 30.2 Å². The highest BCUT2D eigenvalue weighted by atomic mass is 16.1. The fourth-order valence-corrected chi connectivity index (χ4v) is 1.22. The minimum Gasteiger partial charge on any atom is -0.374 e. The van der Waals surface area contributed by atoms with Gasteiger partial charge in [-0.1, -0.05) is 12.2 Å². The van der Waals surface area contributed by atoms with E-state index in [1.807, 2.05) is 0 Å². The molecule has 0 aromatic rings. The zero-order valence-corrected chi connectivity index (χ0v) is 7.71. The molecule has 0 aromatic heterocycles. The summed E-state index contributed by atoms with van der Waals surface area (Å²) in [4.78, 5) is 12.9. The Morgan fingerprint density at radius 1 is 1.67 bits per heavy atom. The molecule has 0 N–H and O–H groups in total. The van der Waals surface area contributed by atoms with Crippen molar-refractivity contribution >= 4 is 5.78 Å². The first-order valence-electron chi connectivity index (χ1n) is 4.26. The molecule has 1 heterocycles. The van der Waals surface area contributed by atoms with Gasteiger partial charge in [0.2, 0.25) is 0 Å². The Hall–Kier alpha value is -1.05. The Balaban J connectivity index is 2.44. The van der Waals surface area contributed by atoms with Gasteiger partial charge in [0.1, 0.15) is 5.78 Å². The van der Waals surface area contributed by atoms with Crippen LogP contribution in [0.2, 0.25) is 0 Å². The van der Waals surface area contributed by atoms with Crippen LogP contribution >= 0.6 is 0 Å².